The Labute approximate surface area is 113 Å². The van der Waals surface area contributed by atoms with Crippen molar-refractivity contribution in [1.82, 2.24) is 0 Å². The molecular weight excluding hydrogens is 262 g/mol. The summed E-state index contributed by atoms with van der Waals surface area (Å²) in [6.45, 7) is 2.11. The van der Waals surface area contributed by atoms with E-state index in [-0.39, 0.29) is 10.6 Å². The summed E-state index contributed by atoms with van der Waals surface area (Å²) in [7, 11) is -3.73. The summed E-state index contributed by atoms with van der Waals surface area (Å²) in [4.78, 5) is 2.31. The summed E-state index contributed by atoms with van der Waals surface area (Å²) in [5.74, 6) is 1.58. The molecule has 0 spiro atoms. The highest BCUT2D eigenvalue weighted by Crippen LogP contribution is 2.40. The average molecular weight is 281 g/mol. The molecule has 5 nitrogen and oxygen atoms in total. The molecule has 0 aromatic heterocycles. The number of fused-ring (bicyclic) bond motifs is 1. The predicted octanol–water partition coefficient (Wildman–Crippen LogP) is 1.15. The number of hydrogen-bond donors (Lipinski definition) is 2. The van der Waals surface area contributed by atoms with Crippen molar-refractivity contribution in [2.24, 2.45) is 17.0 Å². The molecule has 1 aromatic carbocycles. The molecule has 1 heterocycles. The van der Waals surface area contributed by atoms with E-state index in [0.29, 0.717) is 0 Å². The van der Waals surface area contributed by atoms with E-state index in [1.165, 1.54) is 25.3 Å². The van der Waals surface area contributed by atoms with Gasteiger partial charge in [-0.25, -0.2) is 13.6 Å². The maximum atomic E-state index is 11.3. The molecule has 3 rings (SSSR count). The number of nitrogens with zero attached hydrogens (tertiary/aromatic N) is 1. The lowest BCUT2D eigenvalue weighted by Crippen LogP contribution is -2.21. The molecule has 0 radical (unpaired) electrons. The quantitative estimate of drug-likeness (QED) is 0.796. The molecule has 2 atom stereocenters. The highest BCUT2D eigenvalue weighted by molar-refractivity contribution is 7.89. The van der Waals surface area contributed by atoms with Crippen molar-refractivity contribution in [3.8, 4) is 0 Å². The van der Waals surface area contributed by atoms with Crippen molar-refractivity contribution in [2.75, 3.05) is 23.7 Å². The molecule has 4 N–H and O–H groups in total. The van der Waals surface area contributed by atoms with Crippen LogP contribution in [-0.4, -0.2) is 21.5 Å². The molecule has 2 aliphatic rings. The summed E-state index contributed by atoms with van der Waals surface area (Å²) in [6, 6.07) is 5.03. The van der Waals surface area contributed by atoms with Crippen LogP contribution in [0.4, 0.5) is 11.4 Å². The Morgan fingerprint density at radius 1 is 1.16 bits per heavy atom. The van der Waals surface area contributed by atoms with Gasteiger partial charge in [0.15, 0.2) is 0 Å². The van der Waals surface area contributed by atoms with Gasteiger partial charge in [0.2, 0.25) is 10.0 Å². The lowest BCUT2D eigenvalue weighted by molar-refractivity contribution is 0.494. The van der Waals surface area contributed by atoms with Crippen LogP contribution in [0.15, 0.2) is 23.1 Å². The number of benzene rings is 1. The first kappa shape index (κ1) is 12.7. The minimum atomic E-state index is -3.73. The lowest BCUT2D eigenvalue weighted by Gasteiger charge is -2.20. The average Bonchev–Trinajstić information content (AvgIpc) is 2.86. The number of sulfonamides is 1. The van der Waals surface area contributed by atoms with Gasteiger partial charge in [0.05, 0.1) is 5.69 Å². The van der Waals surface area contributed by atoms with Gasteiger partial charge in [-0.2, -0.15) is 0 Å². The molecule has 104 valence electrons. The second-order valence-corrected chi connectivity index (χ2v) is 7.15. The normalized spacial score (nSPS) is 26.7. The largest absolute Gasteiger partial charge is 0.398 e. The fourth-order valence-electron chi connectivity index (χ4n) is 3.44. The van der Waals surface area contributed by atoms with Crippen LogP contribution in [0.25, 0.3) is 0 Å². The van der Waals surface area contributed by atoms with Gasteiger partial charge in [-0.05, 0) is 42.9 Å². The van der Waals surface area contributed by atoms with Crippen LogP contribution in [0, 0.1) is 11.8 Å². The molecule has 2 fully saturated rings. The Morgan fingerprint density at radius 2 is 1.79 bits per heavy atom. The van der Waals surface area contributed by atoms with Crippen LogP contribution >= 0.6 is 0 Å². The SMILES string of the molecule is Nc1cc(N2CC3CCCC3C2)ccc1S(N)(=O)=O. The van der Waals surface area contributed by atoms with Crippen molar-refractivity contribution in [3.63, 3.8) is 0 Å². The first-order chi connectivity index (χ1) is 8.95. The molecule has 1 aliphatic carbocycles. The maximum absolute atomic E-state index is 11.3. The minimum absolute atomic E-state index is 0.00985. The van der Waals surface area contributed by atoms with E-state index < -0.39 is 10.0 Å². The molecule has 1 aromatic rings. The summed E-state index contributed by atoms with van der Waals surface area (Å²) >= 11 is 0. The Hall–Kier alpha value is -1.27. The number of rotatable bonds is 2. The van der Waals surface area contributed by atoms with Gasteiger partial charge in [-0.1, -0.05) is 6.42 Å². The predicted molar refractivity (Wildman–Crippen MR) is 75.3 cm³/mol. The van der Waals surface area contributed by atoms with Crippen LogP contribution < -0.4 is 15.8 Å². The molecule has 6 heteroatoms. The molecule has 1 aliphatic heterocycles. The fourth-order valence-corrected chi connectivity index (χ4v) is 4.08. The molecule has 0 amide bonds. The molecule has 1 saturated carbocycles. The molecule has 19 heavy (non-hydrogen) atoms. The van der Waals surface area contributed by atoms with E-state index >= 15 is 0 Å². The van der Waals surface area contributed by atoms with Gasteiger partial charge in [-0.15, -0.1) is 0 Å². The maximum Gasteiger partial charge on any atom is 0.240 e. The van der Waals surface area contributed by atoms with Crippen LogP contribution in [-0.2, 0) is 10.0 Å². The number of anilines is 2. The third-order valence-corrected chi connectivity index (χ3v) is 5.38. The minimum Gasteiger partial charge on any atom is -0.398 e. The Balaban J connectivity index is 1.85. The number of nitrogen functional groups attached to an aromatic ring is 1. The molecule has 0 bridgehead atoms. The van der Waals surface area contributed by atoms with Gasteiger partial charge in [0.25, 0.3) is 0 Å². The monoisotopic (exact) mass is 281 g/mol. The number of hydrogen-bond acceptors (Lipinski definition) is 4. The van der Waals surface area contributed by atoms with Gasteiger partial charge < -0.3 is 10.6 Å². The second kappa shape index (κ2) is 4.38. The third kappa shape index (κ3) is 2.30. The van der Waals surface area contributed by atoms with Crippen molar-refractivity contribution >= 4 is 21.4 Å². The zero-order valence-corrected chi connectivity index (χ0v) is 11.6. The zero-order valence-electron chi connectivity index (χ0n) is 10.7. The van der Waals surface area contributed by atoms with E-state index in [9.17, 15) is 8.42 Å². The van der Waals surface area contributed by atoms with Crippen molar-refractivity contribution < 1.29 is 8.42 Å². The van der Waals surface area contributed by atoms with Crippen molar-refractivity contribution in [2.45, 2.75) is 24.2 Å². The standard InChI is InChI=1S/C13H19N3O2S/c14-12-6-11(4-5-13(12)19(15,17)18)16-7-9-2-1-3-10(9)8-16/h4-6,9-10H,1-3,7-8,14H2,(H2,15,17,18). The highest BCUT2D eigenvalue weighted by Gasteiger charge is 2.36. The van der Waals surface area contributed by atoms with E-state index in [4.69, 9.17) is 10.9 Å². The first-order valence-corrected chi connectivity index (χ1v) is 8.17. The van der Waals surface area contributed by atoms with Crippen molar-refractivity contribution in [1.29, 1.82) is 0 Å². The van der Waals surface area contributed by atoms with E-state index in [2.05, 4.69) is 4.90 Å². The zero-order chi connectivity index (χ0) is 13.6. The summed E-state index contributed by atoms with van der Waals surface area (Å²) in [6.07, 6.45) is 3.97. The number of nitrogens with two attached hydrogens (primary N) is 2. The molecule has 2 unspecified atom stereocenters. The fraction of sp³-hybridized carbons (Fsp3) is 0.538. The molecular formula is C13H19N3O2S. The van der Waals surface area contributed by atoms with Crippen LogP contribution in [0.1, 0.15) is 19.3 Å². The third-order valence-electron chi connectivity index (χ3n) is 4.39. The Bertz CT molecular complexity index is 588. The summed E-state index contributed by atoms with van der Waals surface area (Å²) < 4.78 is 22.7. The van der Waals surface area contributed by atoms with Gasteiger partial charge in [0, 0.05) is 18.8 Å². The smallest absolute Gasteiger partial charge is 0.240 e. The van der Waals surface area contributed by atoms with Gasteiger partial charge in [0.1, 0.15) is 4.90 Å². The van der Waals surface area contributed by atoms with Gasteiger partial charge >= 0.3 is 0 Å². The van der Waals surface area contributed by atoms with Crippen LogP contribution in [0.5, 0.6) is 0 Å². The summed E-state index contributed by atoms with van der Waals surface area (Å²) in [5.41, 5.74) is 7.04. The van der Waals surface area contributed by atoms with E-state index in [1.807, 2.05) is 0 Å². The second-order valence-electron chi connectivity index (χ2n) is 5.62. The van der Waals surface area contributed by atoms with Crippen LogP contribution in [0.3, 0.4) is 0 Å². The van der Waals surface area contributed by atoms with Crippen molar-refractivity contribution in [3.05, 3.63) is 18.2 Å². The van der Waals surface area contributed by atoms with E-state index in [1.54, 1.807) is 12.1 Å². The topological polar surface area (TPSA) is 89.4 Å². The molecule has 1 saturated heterocycles. The Kier molecular flexibility index (Phi) is 2.94. The van der Waals surface area contributed by atoms with Crippen LogP contribution in [0.2, 0.25) is 0 Å². The first-order valence-electron chi connectivity index (χ1n) is 6.62. The lowest BCUT2D eigenvalue weighted by atomic mass is 10.0. The summed E-state index contributed by atoms with van der Waals surface area (Å²) in [5, 5.41) is 5.11. The highest BCUT2D eigenvalue weighted by atomic mass is 32.2. The number of primary sulfonamides is 1. The van der Waals surface area contributed by atoms with E-state index in [0.717, 1.165) is 30.6 Å². The Morgan fingerprint density at radius 3 is 2.32 bits per heavy atom. The van der Waals surface area contributed by atoms with Gasteiger partial charge in [-0.3, -0.25) is 0 Å².